The molecule has 0 atom stereocenters. The lowest BCUT2D eigenvalue weighted by Gasteiger charge is -2.11. The first-order chi connectivity index (χ1) is 18.6. The van der Waals surface area contributed by atoms with Gasteiger partial charge in [0.2, 0.25) is 0 Å². The first-order valence-electron chi connectivity index (χ1n) is 11.4. The fraction of sp³-hybridized carbons (Fsp3) is 0.160. The summed E-state index contributed by atoms with van der Waals surface area (Å²) >= 11 is 0. The number of carbonyl (C=O) groups excluding carboxylic acids is 2. The van der Waals surface area contributed by atoms with Crippen LogP contribution in [-0.4, -0.2) is 37.3 Å². The van der Waals surface area contributed by atoms with Gasteiger partial charge in [-0.25, -0.2) is 14.3 Å². The van der Waals surface area contributed by atoms with Gasteiger partial charge in [-0.15, -0.1) is 13.2 Å². The SMILES string of the molecule is Cn1c(=O)oc2ccc(CNC(=O)c3cc(C(=O)NCc4ccc(OC(F)(F)F)cc4)n4nccc4n3)cc21. The van der Waals surface area contributed by atoms with E-state index in [1.807, 2.05) is 0 Å². The highest BCUT2D eigenvalue weighted by Crippen LogP contribution is 2.22. The second-order valence-electron chi connectivity index (χ2n) is 8.41. The normalized spacial score (nSPS) is 11.6. The molecular weight excluding hydrogens is 521 g/mol. The number of ether oxygens (including phenoxy) is 1. The summed E-state index contributed by atoms with van der Waals surface area (Å²) < 4.78 is 48.6. The number of aryl methyl sites for hydroxylation is 1. The molecule has 2 N–H and O–H groups in total. The van der Waals surface area contributed by atoms with Gasteiger partial charge < -0.3 is 19.8 Å². The Balaban J connectivity index is 1.29. The van der Waals surface area contributed by atoms with Gasteiger partial charge in [0.25, 0.3) is 11.8 Å². The number of nitrogens with zero attached hydrogens (tertiary/aromatic N) is 4. The highest BCUT2D eigenvalue weighted by Gasteiger charge is 2.31. The maximum Gasteiger partial charge on any atom is 0.573 e. The lowest BCUT2D eigenvalue weighted by molar-refractivity contribution is -0.274. The van der Waals surface area contributed by atoms with Crippen LogP contribution < -0.4 is 21.1 Å². The van der Waals surface area contributed by atoms with Crippen molar-refractivity contribution in [1.82, 2.24) is 29.8 Å². The number of rotatable bonds is 7. The molecule has 0 fully saturated rings. The molecule has 3 heterocycles. The molecule has 0 saturated heterocycles. The van der Waals surface area contributed by atoms with Crippen LogP contribution in [0.15, 0.2) is 70.0 Å². The van der Waals surface area contributed by atoms with Crippen molar-refractivity contribution in [3.8, 4) is 5.75 Å². The Labute approximate surface area is 216 Å². The summed E-state index contributed by atoms with van der Waals surface area (Å²) in [5, 5.41) is 9.47. The van der Waals surface area contributed by atoms with Gasteiger partial charge in [0, 0.05) is 32.3 Å². The van der Waals surface area contributed by atoms with Crippen molar-refractivity contribution in [2.45, 2.75) is 19.5 Å². The lowest BCUT2D eigenvalue weighted by atomic mass is 10.2. The maximum atomic E-state index is 13.0. The van der Waals surface area contributed by atoms with Crippen LogP contribution in [0, 0.1) is 0 Å². The number of benzene rings is 2. The van der Waals surface area contributed by atoms with Gasteiger partial charge in [0.05, 0.1) is 11.7 Å². The Morgan fingerprint density at radius 3 is 2.41 bits per heavy atom. The quantitative estimate of drug-likeness (QED) is 0.324. The molecule has 0 saturated carbocycles. The summed E-state index contributed by atoms with van der Waals surface area (Å²) in [6.07, 6.45) is -3.38. The lowest BCUT2D eigenvalue weighted by Crippen LogP contribution is -2.28. The molecule has 11 nitrogen and oxygen atoms in total. The third-order valence-electron chi connectivity index (χ3n) is 5.74. The Hall–Kier alpha value is -5.14. The van der Waals surface area contributed by atoms with Crippen LogP contribution in [0.25, 0.3) is 16.7 Å². The largest absolute Gasteiger partial charge is 0.573 e. The topological polar surface area (TPSA) is 133 Å². The van der Waals surface area contributed by atoms with Gasteiger partial charge in [-0.05, 0) is 35.4 Å². The maximum absolute atomic E-state index is 13.0. The number of alkyl halides is 3. The van der Waals surface area contributed by atoms with Crippen LogP contribution in [-0.2, 0) is 20.1 Å². The second kappa shape index (κ2) is 9.96. The molecule has 0 spiro atoms. The van der Waals surface area contributed by atoms with Crippen LogP contribution >= 0.6 is 0 Å². The smallest absolute Gasteiger partial charge is 0.408 e. The van der Waals surface area contributed by atoms with E-state index in [9.17, 15) is 27.6 Å². The molecule has 39 heavy (non-hydrogen) atoms. The third kappa shape index (κ3) is 5.58. The minimum absolute atomic E-state index is 0.00324. The van der Waals surface area contributed by atoms with Crippen LogP contribution in [0.1, 0.15) is 32.1 Å². The number of oxazole rings is 1. The van der Waals surface area contributed by atoms with E-state index in [1.54, 1.807) is 25.2 Å². The van der Waals surface area contributed by atoms with Gasteiger partial charge in [-0.2, -0.15) is 5.10 Å². The molecule has 3 aromatic heterocycles. The first kappa shape index (κ1) is 25.5. The van der Waals surface area contributed by atoms with Crippen molar-refractivity contribution in [2.75, 3.05) is 0 Å². The number of nitrogens with one attached hydrogen (secondary N) is 2. The van der Waals surface area contributed by atoms with Gasteiger partial charge in [0.1, 0.15) is 17.1 Å². The zero-order chi connectivity index (χ0) is 27.7. The molecule has 0 aliphatic carbocycles. The van der Waals surface area contributed by atoms with Crippen molar-refractivity contribution in [1.29, 1.82) is 0 Å². The van der Waals surface area contributed by atoms with E-state index in [0.29, 0.717) is 22.2 Å². The molecule has 0 unspecified atom stereocenters. The van der Waals surface area contributed by atoms with Gasteiger partial charge in [-0.3, -0.25) is 14.2 Å². The minimum Gasteiger partial charge on any atom is -0.408 e. The fourth-order valence-electron chi connectivity index (χ4n) is 3.83. The van der Waals surface area contributed by atoms with Gasteiger partial charge in [0.15, 0.2) is 11.2 Å². The summed E-state index contributed by atoms with van der Waals surface area (Å²) in [5.41, 5.74) is 2.49. The molecule has 5 rings (SSSR count). The molecule has 5 aromatic rings. The Morgan fingerprint density at radius 1 is 0.974 bits per heavy atom. The van der Waals surface area contributed by atoms with E-state index >= 15 is 0 Å². The van der Waals surface area contributed by atoms with E-state index in [4.69, 9.17) is 4.42 Å². The average molecular weight is 540 g/mol. The third-order valence-corrected chi connectivity index (χ3v) is 5.74. The second-order valence-corrected chi connectivity index (χ2v) is 8.41. The van der Waals surface area contributed by atoms with Crippen molar-refractivity contribution >= 4 is 28.6 Å². The molecule has 2 aromatic carbocycles. The summed E-state index contributed by atoms with van der Waals surface area (Å²) in [4.78, 5) is 41.8. The molecule has 0 aliphatic heterocycles. The number of halogens is 3. The molecule has 2 amide bonds. The summed E-state index contributed by atoms with van der Waals surface area (Å²) in [7, 11) is 1.57. The van der Waals surface area contributed by atoms with Gasteiger partial charge >= 0.3 is 12.1 Å². The monoisotopic (exact) mass is 540 g/mol. The molecule has 0 bridgehead atoms. The summed E-state index contributed by atoms with van der Waals surface area (Å²) in [6.45, 7) is 0.118. The standard InChI is InChI=1S/C25H19F3N6O5/c1-33-18-10-15(4-7-20(18)38-24(33)37)13-29-22(35)17-11-19(34-21(32-17)8-9-31-34)23(36)30-12-14-2-5-16(6-3-14)39-25(26,27)28/h2-11H,12-13H2,1H3,(H,29,35)(H,30,36). The van der Waals surface area contributed by atoms with E-state index < -0.39 is 23.9 Å². The molecule has 0 aliphatic rings. The van der Waals surface area contributed by atoms with Crippen molar-refractivity contribution in [3.05, 3.63) is 93.9 Å². The predicted molar refractivity (Wildman–Crippen MR) is 130 cm³/mol. The average Bonchev–Trinajstić information content (AvgIpc) is 3.49. The molecular formula is C25H19F3N6O5. The van der Waals surface area contributed by atoms with E-state index in [-0.39, 0.29) is 35.9 Å². The zero-order valence-corrected chi connectivity index (χ0v) is 20.2. The van der Waals surface area contributed by atoms with Crippen LogP contribution in [0.3, 0.4) is 0 Å². The van der Waals surface area contributed by atoms with E-state index in [2.05, 4.69) is 25.5 Å². The van der Waals surface area contributed by atoms with Crippen LogP contribution in [0.2, 0.25) is 0 Å². The predicted octanol–water partition coefficient (Wildman–Crippen LogP) is 2.93. The van der Waals surface area contributed by atoms with Crippen molar-refractivity contribution in [2.24, 2.45) is 7.05 Å². The van der Waals surface area contributed by atoms with Crippen molar-refractivity contribution in [3.63, 3.8) is 0 Å². The number of fused-ring (bicyclic) bond motifs is 2. The minimum atomic E-state index is -4.80. The van der Waals surface area contributed by atoms with E-state index in [1.165, 1.54) is 39.5 Å². The molecule has 14 heteroatoms. The van der Waals surface area contributed by atoms with E-state index in [0.717, 1.165) is 12.1 Å². The van der Waals surface area contributed by atoms with Crippen LogP contribution in [0.5, 0.6) is 5.75 Å². The Kier molecular flexibility index (Phi) is 6.52. The summed E-state index contributed by atoms with van der Waals surface area (Å²) in [6, 6.07) is 12.9. The highest BCUT2D eigenvalue weighted by atomic mass is 19.4. The number of carbonyl (C=O) groups is 2. The zero-order valence-electron chi connectivity index (χ0n) is 20.2. The highest BCUT2D eigenvalue weighted by molar-refractivity contribution is 5.98. The summed E-state index contributed by atoms with van der Waals surface area (Å²) in [5.74, 6) is -2.01. The Morgan fingerprint density at radius 2 is 1.67 bits per heavy atom. The molecule has 200 valence electrons. The molecule has 0 radical (unpaired) electrons. The van der Waals surface area contributed by atoms with Crippen LogP contribution in [0.4, 0.5) is 13.2 Å². The Bertz CT molecular complexity index is 1750. The number of hydrogen-bond donors (Lipinski definition) is 2. The fourth-order valence-corrected chi connectivity index (χ4v) is 3.83. The van der Waals surface area contributed by atoms with Gasteiger partial charge in [-0.1, -0.05) is 18.2 Å². The van der Waals surface area contributed by atoms with Crippen molar-refractivity contribution < 1.29 is 31.9 Å². The number of amides is 2. The first-order valence-corrected chi connectivity index (χ1v) is 11.4. The number of hydrogen-bond acceptors (Lipinski definition) is 7. The number of aromatic nitrogens is 4.